The normalized spacial score (nSPS) is 11.5. The predicted octanol–water partition coefficient (Wildman–Crippen LogP) is 4.38. The van der Waals surface area contributed by atoms with E-state index in [1.54, 1.807) is 0 Å². The zero-order chi connectivity index (χ0) is 12.0. The van der Waals surface area contributed by atoms with E-state index in [1.165, 1.54) is 5.56 Å². The van der Waals surface area contributed by atoms with Crippen LogP contribution in [0.5, 0.6) is 5.75 Å². The van der Waals surface area contributed by atoms with Crippen molar-refractivity contribution in [1.82, 2.24) is 0 Å². The van der Waals surface area contributed by atoms with Crippen molar-refractivity contribution in [2.75, 3.05) is 12.5 Å². The van der Waals surface area contributed by atoms with Gasteiger partial charge in [0.15, 0.2) is 0 Å². The summed E-state index contributed by atoms with van der Waals surface area (Å²) >= 11 is 5.63. The minimum atomic E-state index is 0.128. The maximum absolute atomic E-state index is 5.81. The van der Waals surface area contributed by atoms with E-state index in [9.17, 15) is 0 Å². The molecule has 16 heavy (non-hydrogen) atoms. The van der Waals surface area contributed by atoms with Crippen LogP contribution in [0.4, 0.5) is 0 Å². The Bertz CT molecular complexity index is 315. The van der Waals surface area contributed by atoms with E-state index in [2.05, 4.69) is 32.9 Å². The van der Waals surface area contributed by atoms with Gasteiger partial charge >= 0.3 is 0 Å². The van der Waals surface area contributed by atoms with E-state index in [0.717, 1.165) is 25.2 Å². The molecule has 0 aliphatic heterocycles. The quantitative estimate of drug-likeness (QED) is 0.548. The summed E-state index contributed by atoms with van der Waals surface area (Å²) in [6.45, 7) is 7.36. The summed E-state index contributed by atoms with van der Waals surface area (Å²) in [4.78, 5) is 0. The standard InChI is InChI=1S/C14H21ClO/c1-14(2,3)12-8-4-5-9-13(12)16-11-7-6-10-15/h4-5,8-9H,6-7,10-11H2,1-3H3. The number of ether oxygens (including phenoxy) is 1. The highest BCUT2D eigenvalue weighted by Crippen LogP contribution is 2.30. The van der Waals surface area contributed by atoms with Gasteiger partial charge in [0.1, 0.15) is 5.75 Å². The third-order valence-electron chi connectivity index (χ3n) is 2.48. The smallest absolute Gasteiger partial charge is 0.123 e. The van der Waals surface area contributed by atoms with Gasteiger partial charge < -0.3 is 4.74 Å². The van der Waals surface area contributed by atoms with Gasteiger partial charge in [0.05, 0.1) is 6.61 Å². The molecule has 0 fully saturated rings. The van der Waals surface area contributed by atoms with Gasteiger partial charge in [0.2, 0.25) is 0 Å². The van der Waals surface area contributed by atoms with Crippen LogP contribution in [0, 0.1) is 0 Å². The fourth-order valence-corrected chi connectivity index (χ4v) is 1.78. The third-order valence-corrected chi connectivity index (χ3v) is 2.75. The van der Waals surface area contributed by atoms with Gasteiger partial charge in [-0.05, 0) is 29.9 Å². The van der Waals surface area contributed by atoms with Crippen LogP contribution in [0.2, 0.25) is 0 Å². The number of hydrogen-bond donors (Lipinski definition) is 0. The number of hydrogen-bond acceptors (Lipinski definition) is 1. The second kappa shape index (κ2) is 6.15. The van der Waals surface area contributed by atoms with Gasteiger partial charge in [0.25, 0.3) is 0 Å². The first-order valence-electron chi connectivity index (χ1n) is 5.84. The molecule has 0 radical (unpaired) electrons. The van der Waals surface area contributed by atoms with E-state index in [4.69, 9.17) is 16.3 Å². The molecule has 0 heterocycles. The predicted molar refractivity (Wildman–Crippen MR) is 70.6 cm³/mol. The van der Waals surface area contributed by atoms with E-state index in [-0.39, 0.29) is 5.41 Å². The van der Waals surface area contributed by atoms with Crippen LogP contribution in [0.15, 0.2) is 24.3 Å². The van der Waals surface area contributed by atoms with Crippen molar-refractivity contribution in [2.24, 2.45) is 0 Å². The van der Waals surface area contributed by atoms with Crippen LogP contribution in [-0.2, 0) is 5.41 Å². The molecule has 0 unspecified atom stereocenters. The Morgan fingerprint density at radius 1 is 1.12 bits per heavy atom. The van der Waals surface area contributed by atoms with Crippen molar-refractivity contribution < 1.29 is 4.74 Å². The lowest BCUT2D eigenvalue weighted by Crippen LogP contribution is -2.13. The molecule has 0 aromatic heterocycles. The molecule has 90 valence electrons. The average Bonchev–Trinajstić information content (AvgIpc) is 2.24. The van der Waals surface area contributed by atoms with Crippen molar-refractivity contribution >= 4 is 11.6 Å². The topological polar surface area (TPSA) is 9.23 Å². The number of alkyl halides is 1. The summed E-state index contributed by atoms with van der Waals surface area (Å²) in [6, 6.07) is 8.26. The van der Waals surface area contributed by atoms with Gasteiger partial charge in [-0.15, -0.1) is 11.6 Å². The van der Waals surface area contributed by atoms with Gasteiger partial charge in [-0.2, -0.15) is 0 Å². The first kappa shape index (κ1) is 13.4. The number of rotatable bonds is 5. The van der Waals surface area contributed by atoms with Crippen molar-refractivity contribution in [3.63, 3.8) is 0 Å². The first-order chi connectivity index (χ1) is 7.55. The zero-order valence-corrected chi connectivity index (χ0v) is 11.2. The summed E-state index contributed by atoms with van der Waals surface area (Å²) in [5.41, 5.74) is 1.39. The molecule has 0 bridgehead atoms. The van der Waals surface area contributed by atoms with E-state index < -0.39 is 0 Å². The number of unbranched alkanes of at least 4 members (excludes halogenated alkanes) is 1. The number of para-hydroxylation sites is 1. The van der Waals surface area contributed by atoms with Crippen LogP contribution >= 0.6 is 11.6 Å². The highest BCUT2D eigenvalue weighted by Gasteiger charge is 2.17. The van der Waals surface area contributed by atoms with Crippen molar-refractivity contribution in [1.29, 1.82) is 0 Å². The monoisotopic (exact) mass is 240 g/mol. The second-order valence-electron chi connectivity index (χ2n) is 4.99. The third kappa shape index (κ3) is 4.05. The molecule has 1 rings (SSSR count). The fourth-order valence-electron chi connectivity index (χ4n) is 1.59. The molecular weight excluding hydrogens is 220 g/mol. The molecule has 0 aliphatic carbocycles. The van der Waals surface area contributed by atoms with E-state index in [0.29, 0.717) is 5.88 Å². The molecule has 1 aromatic rings. The van der Waals surface area contributed by atoms with Crippen molar-refractivity contribution in [3.05, 3.63) is 29.8 Å². The Morgan fingerprint density at radius 2 is 1.81 bits per heavy atom. The van der Waals surface area contributed by atoms with Crippen molar-refractivity contribution in [3.8, 4) is 5.75 Å². The highest BCUT2D eigenvalue weighted by molar-refractivity contribution is 6.17. The van der Waals surface area contributed by atoms with Gasteiger partial charge in [-0.25, -0.2) is 0 Å². The van der Waals surface area contributed by atoms with Gasteiger partial charge in [0, 0.05) is 5.88 Å². The van der Waals surface area contributed by atoms with E-state index in [1.807, 2.05) is 12.1 Å². The maximum Gasteiger partial charge on any atom is 0.123 e. The number of benzene rings is 1. The number of halogens is 1. The van der Waals surface area contributed by atoms with E-state index >= 15 is 0 Å². The largest absolute Gasteiger partial charge is 0.493 e. The molecule has 2 heteroatoms. The molecule has 0 saturated heterocycles. The van der Waals surface area contributed by atoms with Crippen LogP contribution < -0.4 is 4.74 Å². The average molecular weight is 241 g/mol. The van der Waals surface area contributed by atoms with Crippen LogP contribution in [0.3, 0.4) is 0 Å². The molecule has 0 N–H and O–H groups in total. The first-order valence-corrected chi connectivity index (χ1v) is 6.37. The summed E-state index contributed by atoms with van der Waals surface area (Å²) in [7, 11) is 0. The molecular formula is C14H21ClO. The Morgan fingerprint density at radius 3 is 2.44 bits per heavy atom. The van der Waals surface area contributed by atoms with Crippen LogP contribution in [0.1, 0.15) is 39.2 Å². The molecule has 0 saturated carbocycles. The Balaban J connectivity index is 2.65. The Kier molecular flexibility index (Phi) is 5.14. The molecule has 0 spiro atoms. The van der Waals surface area contributed by atoms with Crippen molar-refractivity contribution in [2.45, 2.75) is 39.0 Å². The lowest BCUT2D eigenvalue weighted by molar-refractivity contribution is 0.301. The lowest BCUT2D eigenvalue weighted by atomic mass is 9.86. The molecule has 1 aromatic carbocycles. The molecule has 1 nitrogen and oxygen atoms in total. The summed E-state index contributed by atoms with van der Waals surface area (Å²) in [5.74, 6) is 1.72. The maximum atomic E-state index is 5.81. The van der Waals surface area contributed by atoms with Crippen LogP contribution in [-0.4, -0.2) is 12.5 Å². The van der Waals surface area contributed by atoms with Crippen LogP contribution in [0.25, 0.3) is 0 Å². The summed E-state index contributed by atoms with van der Waals surface area (Å²) in [5, 5.41) is 0. The minimum Gasteiger partial charge on any atom is -0.493 e. The van der Waals surface area contributed by atoms with Gasteiger partial charge in [-0.1, -0.05) is 39.0 Å². The minimum absolute atomic E-state index is 0.128. The Hall–Kier alpha value is -0.690. The van der Waals surface area contributed by atoms with Gasteiger partial charge in [-0.3, -0.25) is 0 Å². The fraction of sp³-hybridized carbons (Fsp3) is 0.571. The lowest BCUT2D eigenvalue weighted by Gasteiger charge is -2.22. The molecule has 0 atom stereocenters. The zero-order valence-electron chi connectivity index (χ0n) is 10.4. The molecule has 0 aliphatic rings. The second-order valence-corrected chi connectivity index (χ2v) is 5.37. The highest BCUT2D eigenvalue weighted by atomic mass is 35.5. The summed E-state index contributed by atoms with van der Waals surface area (Å²) in [6.07, 6.45) is 2.03. The Labute approximate surface area is 104 Å². The molecule has 0 amide bonds. The SMILES string of the molecule is CC(C)(C)c1ccccc1OCCCCCl. The summed E-state index contributed by atoms with van der Waals surface area (Å²) < 4.78 is 5.81.